The number of rotatable bonds is 9. The van der Waals surface area contributed by atoms with Crippen molar-refractivity contribution in [1.82, 2.24) is 20.2 Å². The molecule has 3 aromatic carbocycles. The number of methoxy groups -OCH3 is 2. The van der Waals surface area contributed by atoms with Crippen molar-refractivity contribution in [2.24, 2.45) is 5.14 Å². The van der Waals surface area contributed by atoms with Gasteiger partial charge in [-0.05, 0) is 64.9 Å². The number of aromatic nitrogens is 4. The predicted octanol–water partition coefficient (Wildman–Crippen LogP) is 3.37. The Morgan fingerprint density at radius 2 is 1.51 bits per heavy atom. The number of nitrogens with zero attached hydrogens (tertiary/aromatic N) is 4. The summed E-state index contributed by atoms with van der Waals surface area (Å²) >= 11 is 1.29. The molecule has 0 unspecified atom stereocenters. The number of thioether (sulfide) groups is 1. The van der Waals surface area contributed by atoms with E-state index in [9.17, 15) is 8.42 Å². The first kappa shape index (κ1) is 24.7. The van der Waals surface area contributed by atoms with Gasteiger partial charge in [-0.2, -0.15) is 4.80 Å². The monoisotopic (exact) mass is 511 g/mol. The van der Waals surface area contributed by atoms with Gasteiger partial charge in [0.25, 0.3) is 0 Å². The largest absolute Gasteiger partial charge is 0.497 e. The number of hydrogen-bond donors (Lipinski definition) is 1. The van der Waals surface area contributed by atoms with E-state index in [1.807, 2.05) is 54.6 Å². The molecule has 0 spiro atoms. The van der Waals surface area contributed by atoms with Gasteiger partial charge in [0.2, 0.25) is 15.8 Å². The fraction of sp³-hybridized carbons (Fsp3) is 0.208. The zero-order valence-corrected chi connectivity index (χ0v) is 21.1. The van der Waals surface area contributed by atoms with E-state index in [-0.39, 0.29) is 10.7 Å². The smallest absolute Gasteiger partial charge is 0.239 e. The highest BCUT2D eigenvalue weighted by atomic mass is 32.2. The Morgan fingerprint density at radius 1 is 0.914 bits per heavy atom. The fourth-order valence-electron chi connectivity index (χ4n) is 3.71. The topological polar surface area (TPSA) is 122 Å². The second-order valence-electron chi connectivity index (χ2n) is 7.69. The summed E-state index contributed by atoms with van der Waals surface area (Å²) in [6.45, 7) is 0.359. The van der Waals surface area contributed by atoms with Crippen LogP contribution in [0.1, 0.15) is 16.7 Å². The van der Waals surface area contributed by atoms with E-state index < -0.39 is 10.0 Å². The Labute approximate surface area is 208 Å². The average molecular weight is 512 g/mol. The van der Waals surface area contributed by atoms with Gasteiger partial charge in [-0.1, -0.05) is 30.3 Å². The summed E-state index contributed by atoms with van der Waals surface area (Å²) < 4.78 is 35.8. The molecule has 0 aliphatic carbocycles. The Hall–Kier alpha value is -3.41. The lowest BCUT2D eigenvalue weighted by Crippen LogP contribution is -2.16. The van der Waals surface area contributed by atoms with Gasteiger partial charge >= 0.3 is 0 Å². The van der Waals surface area contributed by atoms with Gasteiger partial charge in [-0.15, -0.1) is 22.0 Å². The highest BCUT2D eigenvalue weighted by Gasteiger charge is 2.26. The average Bonchev–Trinajstić information content (AvgIpc) is 3.32. The standard InChI is InChI=1S/C24H25N5O4S2/c1-32-19-9-4-16(5-10-19)14-18-8-13-21(34-3)23(35(25,30)31)22(18)24-26-28-29(27-24)15-17-6-11-20(33-2)12-7-17/h4-13H,14-15H2,1-3H3,(H2,25,30,31). The molecule has 0 amide bonds. The van der Waals surface area contributed by atoms with Gasteiger partial charge in [-0.3, -0.25) is 0 Å². The molecule has 0 aliphatic rings. The van der Waals surface area contributed by atoms with E-state index in [0.29, 0.717) is 23.4 Å². The van der Waals surface area contributed by atoms with Crippen LogP contribution in [-0.2, 0) is 23.0 Å². The molecule has 1 aromatic heterocycles. The lowest BCUT2D eigenvalue weighted by Gasteiger charge is -2.15. The van der Waals surface area contributed by atoms with Gasteiger partial charge < -0.3 is 9.47 Å². The second-order valence-corrected chi connectivity index (χ2v) is 10.0. The molecule has 0 radical (unpaired) electrons. The van der Waals surface area contributed by atoms with Gasteiger partial charge in [0.05, 0.1) is 20.8 Å². The Morgan fingerprint density at radius 3 is 2.06 bits per heavy atom. The molecule has 4 rings (SSSR count). The molecule has 0 fully saturated rings. The van der Waals surface area contributed by atoms with Crippen LogP contribution in [0.2, 0.25) is 0 Å². The number of hydrogen-bond acceptors (Lipinski definition) is 8. The zero-order valence-electron chi connectivity index (χ0n) is 19.5. The van der Waals surface area contributed by atoms with Gasteiger partial charge in [0.15, 0.2) is 0 Å². The summed E-state index contributed by atoms with van der Waals surface area (Å²) in [5.41, 5.74) is 2.99. The third kappa shape index (κ3) is 5.64. The first-order valence-electron chi connectivity index (χ1n) is 10.6. The Kier molecular flexibility index (Phi) is 7.39. The lowest BCUT2D eigenvalue weighted by molar-refractivity contribution is 0.414. The van der Waals surface area contributed by atoms with E-state index in [4.69, 9.17) is 14.6 Å². The number of benzene rings is 3. The van der Waals surface area contributed by atoms with Gasteiger partial charge in [0.1, 0.15) is 16.4 Å². The van der Waals surface area contributed by atoms with Crippen LogP contribution in [0.4, 0.5) is 0 Å². The second kappa shape index (κ2) is 10.5. The fourth-order valence-corrected chi connectivity index (χ4v) is 5.65. The molecule has 4 aromatic rings. The van der Waals surface area contributed by atoms with E-state index in [1.165, 1.54) is 16.6 Å². The quantitative estimate of drug-likeness (QED) is 0.340. The van der Waals surface area contributed by atoms with Crippen molar-refractivity contribution in [2.75, 3.05) is 20.5 Å². The molecule has 11 heteroatoms. The van der Waals surface area contributed by atoms with Crippen molar-refractivity contribution in [3.8, 4) is 22.9 Å². The molecule has 9 nitrogen and oxygen atoms in total. The van der Waals surface area contributed by atoms with E-state index >= 15 is 0 Å². The highest BCUT2D eigenvalue weighted by Crippen LogP contribution is 2.36. The molecule has 0 aliphatic heterocycles. The van der Waals surface area contributed by atoms with Crippen LogP contribution in [0.3, 0.4) is 0 Å². The molecule has 0 bridgehead atoms. The first-order chi connectivity index (χ1) is 16.8. The van der Waals surface area contributed by atoms with Crippen LogP contribution in [0, 0.1) is 0 Å². The van der Waals surface area contributed by atoms with Crippen molar-refractivity contribution in [2.45, 2.75) is 22.8 Å². The third-order valence-corrected chi connectivity index (χ3v) is 7.33. The molecule has 182 valence electrons. The van der Waals surface area contributed by atoms with Crippen molar-refractivity contribution in [1.29, 1.82) is 0 Å². The third-order valence-electron chi connectivity index (χ3n) is 5.43. The number of tetrazole rings is 1. The Balaban J connectivity index is 1.77. The van der Waals surface area contributed by atoms with Crippen LogP contribution in [0.25, 0.3) is 11.4 Å². The highest BCUT2D eigenvalue weighted by molar-refractivity contribution is 7.99. The lowest BCUT2D eigenvalue weighted by atomic mass is 9.99. The number of ether oxygens (including phenoxy) is 2. The Bertz CT molecular complexity index is 1420. The van der Waals surface area contributed by atoms with Crippen LogP contribution in [0.5, 0.6) is 11.5 Å². The van der Waals surface area contributed by atoms with E-state index in [2.05, 4.69) is 15.4 Å². The van der Waals surface area contributed by atoms with E-state index in [1.54, 1.807) is 26.5 Å². The van der Waals surface area contributed by atoms with Gasteiger partial charge in [-0.25, -0.2) is 13.6 Å². The maximum Gasteiger partial charge on any atom is 0.239 e. The molecule has 1 heterocycles. The predicted molar refractivity (Wildman–Crippen MR) is 134 cm³/mol. The summed E-state index contributed by atoms with van der Waals surface area (Å²) in [5, 5.41) is 18.6. The number of sulfonamides is 1. The molecular formula is C24H25N5O4S2. The number of nitrogens with two attached hydrogens (primary N) is 1. The minimum atomic E-state index is -4.08. The van der Waals surface area contributed by atoms with Crippen molar-refractivity contribution >= 4 is 21.8 Å². The van der Waals surface area contributed by atoms with Crippen LogP contribution in [0.15, 0.2) is 70.5 Å². The SMILES string of the molecule is COc1ccc(Cc2ccc(SC)c(S(N)(=O)=O)c2-c2nnn(Cc3ccc(OC)cc3)n2)cc1. The number of primary sulfonamides is 1. The summed E-state index contributed by atoms with van der Waals surface area (Å²) in [4.78, 5) is 1.94. The maximum absolute atomic E-state index is 12.7. The van der Waals surface area contributed by atoms with Crippen LogP contribution >= 0.6 is 11.8 Å². The van der Waals surface area contributed by atoms with Crippen LogP contribution in [-0.4, -0.2) is 49.1 Å². The molecular weight excluding hydrogens is 486 g/mol. The molecule has 0 saturated heterocycles. The normalized spacial score (nSPS) is 11.4. The van der Waals surface area contributed by atoms with Crippen molar-refractivity contribution in [3.05, 3.63) is 77.4 Å². The molecule has 0 saturated carbocycles. The maximum atomic E-state index is 12.7. The zero-order chi connectivity index (χ0) is 25.0. The summed E-state index contributed by atoms with van der Waals surface area (Å²) in [5.74, 6) is 1.68. The molecule has 35 heavy (non-hydrogen) atoms. The van der Waals surface area contributed by atoms with Crippen LogP contribution < -0.4 is 14.6 Å². The minimum Gasteiger partial charge on any atom is -0.497 e. The summed E-state index contributed by atoms with van der Waals surface area (Å²) in [6.07, 6.45) is 2.24. The minimum absolute atomic E-state index is 0.00000847. The van der Waals surface area contributed by atoms with Gasteiger partial charge in [0, 0.05) is 10.5 Å². The molecule has 2 N–H and O–H groups in total. The summed E-state index contributed by atoms with van der Waals surface area (Å²) in [6, 6.07) is 18.7. The van der Waals surface area contributed by atoms with Crippen molar-refractivity contribution in [3.63, 3.8) is 0 Å². The summed E-state index contributed by atoms with van der Waals surface area (Å²) in [7, 11) is -0.867. The first-order valence-corrected chi connectivity index (χ1v) is 13.4. The molecule has 0 atom stereocenters. The van der Waals surface area contributed by atoms with E-state index in [0.717, 1.165) is 28.2 Å². The van der Waals surface area contributed by atoms with Crippen molar-refractivity contribution < 1.29 is 17.9 Å².